The molecule has 7 heteroatoms. The van der Waals surface area contributed by atoms with Crippen LogP contribution >= 0.6 is 0 Å². The minimum absolute atomic E-state index is 0. The third kappa shape index (κ3) is 32.2. The maximum atomic E-state index is 9.79. The van der Waals surface area contributed by atoms with Crippen LogP contribution in [0.3, 0.4) is 0 Å². The minimum atomic E-state index is -1.01. The molecule has 0 atom stereocenters. The van der Waals surface area contributed by atoms with Gasteiger partial charge >= 0.3 is 45.0 Å². The number of aliphatic hydroxyl groups is 2. The molecular weight excluding hydrogens is 466 g/mol. The standard InChI is InChI=1S/2C6H12O3.Ra/c2*7-5-3-1-2-4-6(8)9;/h2*7H,1-5H2,(H,8,9);/q;;+2/p-2. The summed E-state index contributed by atoms with van der Waals surface area (Å²) in [5, 5.41) is 36.1. The van der Waals surface area contributed by atoms with Gasteiger partial charge in [0, 0.05) is 25.2 Å². The van der Waals surface area contributed by atoms with Crippen molar-refractivity contribution in [3.8, 4) is 0 Å². The average Bonchev–Trinajstić information content (AvgIpc) is 2.31. The second-order valence-electron chi connectivity index (χ2n) is 3.81. The van der Waals surface area contributed by atoms with E-state index in [-0.39, 0.29) is 71.1 Å². The molecule has 0 rings (SSSR count). The SMILES string of the molecule is O=C([O-])CCCCCO.O=C([O-])CCCCCO.[Ra+2]. The Morgan fingerprint density at radius 2 is 1.00 bits per heavy atom. The maximum absolute atomic E-state index is 9.79. The quantitative estimate of drug-likeness (QED) is 0.365. The molecule has 0 radical (unpaired) electrons. The molecule has 0 saturated carbocycles. The number of rotatable bonds is 10. The molecule has 0 aliphatic rings. The Labute approximate surface area is 150 Å². The summed E-state index contributed by atoms with van der Waals surface area (Å²) in [7, 11) is 0. The second kappa shape index (κ2) is 20.6. The van der Waals surface area contributed by atoms with Gasteiger partial charge in [-0.25, -0.2) is 0 Å². The van der Waals surface area contributed by atoms with Gasteiger partial charge in [-0.15, -0.1) is 0 Å². The molecule has 0 amide bonds. The smallest absolute Gasteiger partial charge is 0.550 e. The fraction of sp³-hybridized carbons (Fsp3) is 0.833. The minimum Gasteiger partial charge on any atom is -0.550 e. The van der Waals surface area contributed by atoms with Crippen LogP contribution < -0.4 is 10.2 Å². The maximum Gasteiger partial charge on any atom is 2.00 e. The van der Waals surface area contributed by atoms with E-state index in [0.717, 1.165) is 12.8 Å². The summed E-state index contributed by atoms with van der Waals surface area (Å²) in [4.78, 5) is 19.6. The van der Waals surface area contributed by atoms with Crippen LogP contribution in [0.1, 0.15) is 51.4 Å². The molecule has 0 spiro atoms. The number of aliphatic hydroxyl groups excluding tert-OH is 2. The van der Waals surface area contributed by atoms with Gasteiger partial charge in [0.15, 0.2) is 0 Å². The van der Waals surface area contributed by atoms with Crippen LogP contribution in [0.2, 0.25) is 0 Å². The predicted octanol–water partition coefficient (Wildman–Crippen LogP) is -1.42. The molecule has 0 saturated heterocycles. The third-order valence-corrected chi connectivity index (χ3v) is 2.08. The van der Waals surface area contributed by atoms with Crippen LogP contribution in [0, 0.1) is 45.0 Å². The van der Waals surface area contributed by atoms with Crippen LogP contribution in [-0.2, 0) is 9.59 Å². The zero-order chi connectivity index (χ0) is 14.2. The summed E-state index contributed by atoms with van der Waals surface area (Å²) in [6, 6.07) is 0. The Hall–Kier alpha value is 0.328. The topological polar surface area (TPSA) is 121 Å². The van der Waals surface area contributed by atoms with Gasteiger partial charge in [0.25, 0.3) is 0 Å². The van der Waals surface area contributed by atoms with E-state index in [1.54, 1.807) is 0 Å². The number of hydrogen-bond acceptors (Lipinski definition) is 6. The van der Waals surface area contributed by atoms with Gasteiger partial charge in [-0.1, -0.05) is 12.8 Å². The van der Waals surface area contributed by atoms with Gasteiger partial charge in [-0.05, 0) is 38.5 Å². The van der Waals surface area contributed by atoms with E-state index in [9.17, 15) is 19.8 Å². The molecule has 0 fully saturated rings. The van der Waals surface area contributed by atoms with Gasteiger partial charge in [0.1, 0.15) is 0 Å². The summed E-state index contributed by atoms with van der Waals surface area (Å²) < 4.78 is 0. The van der Waals surface area contributed by atoms with Crippen molar-refractivity contribution in [3.63, 3.8) is 0 Å². The molecule has 0 heterocycles. The third-order valence-electron chi connectivity index (χ3n) is 2.08. The summed E-state index contributed by atoms with van der Waals surface area (Å²) in [6.07, 6.45) is 4.36. The largest absolute Gasteiger partial charge is 2.00 e. The molecule has 19 heavy (non-hydrogen) atoms. The van der Waals surface area contributed by atoms with Gasteiger partial charge in [-0.2, -0.15) is 0 Å². The zero-order valence-electron chi connectivity index (χ0n) is 11.3. The number of aliphatic carboxylic acids is 2. The number of carbonyl (C=O) groups excluding carboxylic acids is 2. The first-order valence-electron chi connectivity index (χ1n) is 6.16. The van der Waals surface area contributed by atoms with Crippen LogP contribution in [0.15, 0.2) is 0 Å². The van der Waals surface area contributed by atoms with Crippen molar-refractivity contribution in [2.75, 3.05) is 13.2 Å². The van der Waals surface area contributed by atoms with Gasteiger partial charge in [-0.3, -0.25) is 0 Å². The fourth-order valence-electron chi connectivity index (χ4n) is 1.12. The molecular formula is C12H22O6Ra. The Balaban J connectivity index is -0.000000256. The van der Waals surface area contributed by atoms with Crippen molar-refractivity contribution in [1.29, 1.82) is 0 Å². The van der Waals surface area contributed by atoms with Crippen LogP contribution in [0.25, 0.3) is 0 Å². The summed E-state index contributed by atoms with van der Waals surface area (Å²) in [6.45, 7) is 0.292. The Morgan fingerprint density at radius 1 is 0.684 bits per heavy atom. The molecule has 108 valence electrons. The Morgan fingerprint density at radius 3 is 1.21 bits per heavy atom. The Bertz CT molecular complexity index is 188. The summed E-state index contributed by atoms with van der Waals surface area (Å²) >= 11 is 0. The second-order valence-corrected chi connectivity index (χ2v) is 3.81. The van der Waals surface area contributed by atoms with E-state index >= 15 is 0 Å². The first-order valence-corrected chi connectivity index (χ1v) is 6.16. The van der Waals surface area contributed by atoms with Gasteiger partial charge < -0.3 is 30.0 Å². The first-order chi connectivity index (χ1) is 8.54. The molecule has 0 bridgehead atoms. The van der Waals surface area contributed by atoms with Gasteiger partial charge in [0.2, 0.25) is 0 Å². The van der Waals surface area contributed by atoms with Gasteiger partial charge in [0.05, 0.1) is 0 Å². The molecule has 0 aromatic rings. The molecule has 2 N–H and O–H groups in total. The van der Waals surface area contributed by atoms with E-state index in [0.29, 0.717) is 25.7 Å². The van der Waals surface area contributed by atoms with Crippen LogP contribution in [0.5, 0.6) is 0 Å². The van der Waals surface area contributed by atoms with Crippen LogP contribution in [0.4, 0.5) is 0 Å². The van der Waals surface area contributed by atoms with Crippen LogP contribution in [-0.4, -0.2) is 35.4 Å². The molecule has 0 aromatic carbocycles. The average molecular weight is 488 g/mol. The number of carbonyl (C=O) groups is 2. The molecule has 0 aliphatic carbocycles. The van der Waals surface area contributed by atoms with E-state index < -0.39 is 11.9 Å². The Kier molecular flexibility index (Phi) is 26.5. The van der Waals surface area contributed by atoms with Crippen molar-refractivity contribution in [2.45, 2.75) is 51.4 Å². The van der Waals surface area contributed by atoms with Crippen molar-refractivity contribution < 1.29 is 75.0 Å². The van der Waals surface area contributed by atoms with Crippen molar-refractivity contribution in [3.05, 3.63) is 0 Å². The number of carboxylic acids is 2. The van der Waals surface area contributed by atoms with E-state index in [1.807, 2.05) is 0 Å². The zero-order valence-corrected chi connectivity index (χ0v) is 17.1. The number of unbranched alkanes of at least 4 members (excludes halogenated alkanes) is 4. The monoisotopic (exact) mass is 488 g/mol. The normalized spacial score (nSPS) is 8.95. The van der Waals surface area contributed by atoms with Crippen molar-refractivity contribution in [2.24, 2.45) is 0 Å². The van der Waals surface area contributed by atoms with E-state index in [4.69, 9.17) is 10.2 Å². The summed E-state index contributed by atoms with van der Waals surface area (Å²) in [5.41, 5.74) is 0. The first kappa shape index (κ1) is 24.4. The van der Waals surface area contributed by atoms with Crippen molar-refractivity contribution in [1.82, 2.24) is 0 Å². The molecule has 0 unspecified atom stereocenters. The molecule has 0 aliphatic heterocycles. The fourth-order valence-corrected chi connectivity index (χ4v) is 1.12. The van der Waals surface area contributed by atoms with E-state index in [1.165, 1.54) is 0 Å². The number of carboxylic acid groups (broad SMARTS) is 2. The molecule has 6 nitrogen and oxygen atoms in total. The summed E-state index contributed by atoms with van der Waals surface area (Å²) in [5.74, 6) is -2.01. The predicted molar refractivity (Wildman–Crippen MR) is 61.1 cm³/mol. The molecule has 0 aromatic heterocycles. The number of hydrogen-bond donors (Lipinski definition) is 2. The van der Waals surface area contributed by atoms with Crippen molar-refractivity contribution >= 4 is 11.9 Å². The van der Waals surface area contributed by atoms with E-state index in [2.05, 4.69) is 0 Å².